The summed E-state index contributed by atoms with van der Waals surface area (Å²) in [5, 5.41) is 0. The van der Waals surface area contributed by atoms with Gasteiger partial charge in [-0.25, -0.2) is 18.1 Å². The average Bonchev–Trinajstić information content (AvgIpc) is 3.23. The molecule has 0 amide bonds. The van der Waals surface area contributed by atoms with Crippen LogP contribution in [0.4, 0.5) is 10.2 Å². The zero-order chi connectivity index (χ0) is 21.5. The Bertz CT molecular complexity index is 1230. The van der Waals surface area contributed by atoms with Crippen LogP contribution in [0.15, 0.2) is 12.1 Å². The Morgan fingerprint density at radius 1 is 1.23 bits per heavy atom. The minimum atomic E-state index is -3.27. The van der Waals surface area contributed by atoms with E-state index in [9.17, 15) is 12.8 Å². The van der Waals surface area contributed by atoms with Crippen LogP contribution >= 0.6 is 22.6 Å². The topological polar surface area (TPSA) is 116 Å². The highest BCUT2D eigenvalue weighted by Crippen LogP contribution is 2.29. The zero-order valence-electron chi connectivity index (χ0n) is 16.5. The van der Waals surface area contributed by atoms with Crippen molar-refractivity contribution in [2.24, 2.45) is 0 Å². The van der Waals surface area contributed by atoms with Crippen molar-refractivity contribution in [3.8, 4) is 0 Å². The van der Waals surface area contributed by atoms with Gasteiger partial charge in [-0.05, 0) is 71.0 Å². The van der Waals surface area contributed by atoms with Gasteiger partial charge in [0.1, 0.15) is 5.82 Å². The van der Waals surface area contributed by atoms with Crippen LogP contribution in [-0.2, 0) is 35.8 Å². The van der Waals surface area contributed by atoms with Crippen LogP contribution in [0.1, 0.15) is 35.4 Å². The van der Waals surface area contributed by atoms with Gasteiger partial charge in [-0.1, -0.05) is 6.07 Å². The van der Waals surface area contributed by atoms with Gasteiger partial charge < -0.3 is 10.3 Å². The molecule has 0 saturated heterocycles. The molecule has 0 saturated carbocycles. The van der Waals surface area contributed by atoms with Crippen molar-refractivity contribution >= 4 is 49.6 Å². The van der Waals surface area contributed by atoms with Crippen LogP contribution in [0.5, 0.6) is 0 Å². The van der Waals surface area contributed by atoms with Crippen LogP contribution in [0.2, 0.25) is 0 Å². The van der Waals surface area contributed by atoms with E-state index < -0.39 is 16.1 Å². The fourth-order valence-corrected chi connectivity index (χ4v) is 5.09. The number of aromatic nitrogens is 4. The lowest BCUT2D eigenvalue weighted by Crippen LogP contribution is -2.24. The normalized spacial score (nSPS) is 13.8. The van der Waals surface area contributed by atoms with E-state index in [1.807, 2.05) is 4.57 Å². The molecule has 0 bridgehead atoms. The van der Waals surface area contributed by atoms with Crippen LogP contribution in [0, 0.1) is 9.65 Å². The largest absolute Gasteiger partial charge is 0.382 e. The smallest absolute Gasteiger partial charge is 0.312 e. The van der Waals surface area contributed by atoms with Gasteiger partial charge in [0.2, 0.25) is 10.0 Å². The molecule has 2 heterocycles. The number of nitrogen functional groups attached to an aromatic ring is 1. The zero-order valence-corrected chi connectivity index (χ0v) is 19.4. The summed E-state index contributed by atoms with van der Waals surface area (Å²) < 4.78 is 41.9. The molecule has 4 rings (SSSR count). The number of sulfonamides is 1. The molecule has 8 nitrogen and oxygen atoms in total. The first-order valence-electron chi connectivity index (χ1n) is 9.64. The highest BCUT2D eigenvalue weighted by atomic mass is 127. The molecule has 3 N–H and O–H groups in total. The molecule has 30 heavy (non-hydrogen) atoms. The van der Waals surface area contributed by atoms with Crippen molar-refractivity contribution in [3.63, 3.8) is 0 Å². The minimum absolute atomic E-state index is 0.00425. The highest BCUT2D eigenvalue weighted by molar-refractivity contribution is 14.1. The van der Waals surface area contributed by atoms with Gasteiger partial charge in [0.25, 0.3) is 0 Å². The molecule has 0 fully saturated rings. The maximum Gasteiger partial charge on any atom is 0.312 e. The maximum absolute atomic E-state index is 13.8. The monoisotopic (exact) mass is 544 g/mol. The first-order valence-corrected chi connectivity index (χ1v) is 12.6. The summed E-state index contributed by atoms with van der Waals surface area (Å²) in [5.41, 5.74) is 10.5. The van der Waals surface area contributed by atoms with Crippen molar-refractivity contribution in [3.05, 3.63) is 44.3 Å². The summed E-state index contributed by atoms with van der Waals surface area (Å²) in [7, 11) is -3.27. The van der Waals surface area contributed by atoms with Crippen LogP contribution in [-0.4, -0.2) is 40.7 Å². The fraction of sp³-hybridized carbons (Fsp3) is 0.421. The predicted octanol–water partition coefficient (Wildman–Crippen LogP) is 2.17. The Morgan fingerprint density at radius 2 is 1.97 bits per heavy atom. The molecule has 11 heteroatoms. The average molecular weight is 544 g/mol. The number of imidazole rings is 1. The molecule has 0 spiro atoms. The highest BCUT2D eigenvalue weighted by Gasteiger charge is 2.19. The third kappa shape index (κ3) is 4.57. The molecule has 1 aliphatic carbocycles. The second-order valence-electron chi connectivity index (χ2n) is 7.49. The van der Waals surface area contributed by atoms with Gasteiger partial charge in [0.05, 0.1) is 6.26 Å². The van der Waals surface area contributed by atoms with E-state index in [-0.39, 0.29) is 12.4 Å². The summed E-state index contributed by atoms with van der Waals surface area (Å²) in [6.07, 6.45) is 4.62. The Labute approximate surface area is 187 Å². The molecule has 0 unspecified atom stereocenters. The first kappa shape index (κ1) is 21.4. The number of hydrogen-bond donors (Lipinski definition) is 2. The van der Waals surface area contributed by atoms with Gasteiger partial charge in [0.15, 0.2) is 17.0 Å². The summed E-state index contributed by atoms with van der Waals surface area (Å²) in [6, 6.07) is 4.46. The molecular formula is C19H22FIN6O2S. The second kappa shape index (κ2) is 8.35. The van der Waals surface area contributed by atoms with Gasteiger partial charge in [-0.3, -0.25) is 0 Å². The molecule has 1 aromatic carbocycles. The number of nitrogens with zero attached hydrogens (tertiary/aromatic N) is 4. The number of anilines is 1. The number of halogens is 2. The Balaban J connectivity index is 1.69. The lowest BCUT2D eigenvalue weighted by Gasteiger charge is -2.11. The van der Waals surface area contributed by atoms with Gasteiger partial charge >= 0.3 is 6.08 Å². The maximum atomic E-state index is 13.8. The van der Waals surface area contributed by atoms with Crippen molar-refractivity contribution in [2.45, 2.75) is 38.6 Å². The first-order chi connectivity index (χ1) is 14.2. The molecule has 0 radical (unpaired) electrons. The number of rotatable bonds is 7. The Hall–Kier alpha value is -1.86. The molecule has 0 atom stereocenters. The van der Waals surface area contributed by atoms with Crippen molar-refractivity contribution in [1.82, 2.24) is 24.2 Å². The predicted molar refractivity (Wildman–Crippen MR) is 121 cm³/mol. The minimum Gasteiger partial charge on any atom is -0.382 e. The van der Waals surface area contributed by atoms with Crippen LogP contribution in [0.3, 0.4) is 0 Å². The van der Waals surface area contributed by atoms with E-state index in [1.54, 1.807) is 0 Å². The molecular weight excluding hydrogens is 522 g/mol. The van der Waals surface area contributed by atoms with E-state index in [1.165, 1.54) is 17.5 Å². The molecule has 3 aromatic rings. The lowest BCUT2D eigenvalue weighted by atomic mass is 10.0. The van der Waals surface area contributed by atoms with Gasteiger partial charge in [-0.15, -0.1) is 0 Å². The van der Waals surface area contributed by atoms with Gasteiger partial charge in [-0.2, -0.15) is 14.4 Å². The van der Waals surface area contributed by atoms with Crippen molar-refractivity contribution in [1.29, 1.82) is 0 Å². The number of benzene rings is 1. The molecule has 2 aromatic heterocycles. The second-order valence-corrected chi connectivity index (χ2v) is 10.5. The summed E-state index contributed by atoms with van der Waals surface area (Å²) >= 11 is 2.34. The molecule has 0 aliphatic heterocycles. The third-order valence-corrected chi connectivity index (χ3v) is 6.94. The number of fused-ring (bicyclic) bond motifs is 2. The summed E-state index contributed by atoms with van der Waals surface area (Å²) in [4.78, 5) is 12.1. The van der Waals surface area contributed by atoms with Crippen molar-refractivity contribution in [2.75, 3.05) is 18.5 Å². The lowest BCUT2D eigenvalue weighted by molar-refractivity contribution is 0.540. The molecule has 1 aliphatic rings. The number of aryl methyl sites for hydroxylation is 3. The Morgan fingerprint density at radius 3 is 2.70 bits per heavy atom. The van der Waals surface area contributed by atoms with Crippen molar-refractivity contribution < 1.29 is 12.8 Å². The van der Waals surface area contributed by atoms with Crippen LogP contribution in [0.25, 0.3) is 11.2 Å². The fourth-order valence-electron chi connectivity index (χ4n) is 3.85. The summed E-state index contributed by atoms with van der Waals surface area (Å²) in [6.45, 7) is 0.684. The molecule has 160 valence electrons. The van der Waals surface area contributed by atoms with Crippen LogP contribution < -0.4 is 10.5 Å². The van der Waals surface area contributed by atoms with Gasteiger partial charge in [0, 0.05) is 23.1 Å². The Kier molecular flexibility index (Phi) is 5.95. The van der Waals surface area contributed by atoms with E-state index in [4.69, 9.17) is 5.73 Å². The van der Waals surface area contributed by atoms with E-state index in [2.05, 4.69) is 54.4 Å². The van der Waals surface area contributed by atoms with E-state index in [0.717, 1.165) is 28.2 Å². The number of nitrogens with two attached hydrogens (primary N) is 1. The van der Waals surface area contributed by atoms with E-state index in [0.29, 0.717) is 36.4 Å². The number of nitrogens with one attached hydrogen (secondary N) is 1. The quantitative estimate of drug-likeness (QED) is 0.268. The summed E-state index contributed by atoms with van der Waals surface area (Å²) in [5.74, 6) is 0.697. The SMILES string of the molecule is CS(=O)(=O)NCCCn1c(Cc2cc3c(cc2I)CCC3)nc2c(N)nc(F)nc21. The van der Waals surface area contributed by atoms with E-state index >= 15 is 0 Å². The number of hydrogen-bond acceptors (Lipinski definition) is 6. The third-order valence-electron chi connectivity index (χ3n) is 5.21. The standard InChI is InChI=1S/C19H22FIN6O2S/c1-30(28,29)23-6-3-7-27-15(24-16-17(22)25-19(20)26-18(16)27)10-13-8-11-4-2-5-12(11)9-14(13)21/h8-9,23H,2-7,10H2,1H3,(H2,22,25,26).